The number of carbonyl (C=O) groups excluding carboxylic acids is 1. The van der Waals surface area contributed by atoms with Crippen LogP contribution in [0.3, 0.4) is 0 Å². The zero-order chi connectivity index (χ0) is 21.9. The van der Waals surface area contributed by atoms with Gasteiger partial charge in [-0.25, -0.2) is 19.7 Å². The highest BCUT2D eigenvalue weighted by Gasteiger charge is 2.22. The SMILES string of the molecule is CC1CN(c2nc(-c3ccc(NC(=O)Nc4ccccn4)cc3)nc3[nH]ncc23)CCO1. The lowest BCUT2D eigenvalue weighted by molar-refractivity contribution is 0.0530. The summed E-state index contributed by atoms with van der Waals surface area (Å²) in [5, 5.41) is 13.5. The third-order valence-electron chi connectivity index (χ3n) is 5.14. The Kier molecular flexibility index (Phi) is 5.34. The third kappa shape index (κ3) is 4.21. The van der Waals surface area contributed by atoms with Crippen molar-refractivity contribution in [2.45, 2.75) is 13.0 Å². The molecular formula is C22H22N8O2. The van der Waals surface area contributed by atoms with E-state index in [-0.39, 0.29) is 12.1 Å². The van der Waals surface area contributed by atoms with Gasteiger partial charge in [-0.3, -0.25) is 10.4 Å². The minimum atomic E-state index is -0.365. The van der Waals surface area contributed by atoms with Crippen LogP contribution in [0, 0.1) is 0 Å². The fourth-order valence-electron chi connectivity index (χ4n) is 3.62. The summed E-state index contributed by atoms with van der Waals surface area (Å²) in [6.45, 7) is 4.22. The summed E-state index contributed by atoms with van der Waals surface area (Å²) in [5.74, 6) is 1.90. The maximum Gasteiger partial charge on any atom is 0.324 e. The van der Waals surface area contributed by atoms with Crippen molar-refractivity contribution in [2.24, 2.45) is 0 Å². The van der Waals surface area contributed by atoms with Crippen molar-refractivity contribution >= 4 is 34.4 Å². The molecule has 1 unspecified atom stereocenters. The number of morpholine rings is 1. The Morgan fingerprint density at radius 3 is 2.81 bits per heavy atom. The first kappa shape index (κ1) is 19.9. The fraction of sp³-hybridized carbons (Fsp3) is 0.227. The number of benzene rings is 1. The number of aromatic nitrogens is 5. The van der Waals surface area contributed by atoms with Gasteiger partial charge in [0.2, 0.25) is 0 Å². The monoisotopic (exact) mass is 430 g/mol. The van der Waals surface area contributed by atoms with Gasteiger partial charge in [-0.2, -0.15) is 5.10 Å². The fourth-order valence-corrected chi connectivity index (χ4v) is 3.62. The molecule has 0 aliphatic carbocycles. The lowest BCUT2D eigenvalue weighted by atomic mass is 10.2. The highest BCUT2D eigenvalue weighted by Crippen LogP contribution is 2.28. The highest BCUT2D eigenvalue weighted by atomic mass is 16.5. The summed E-state index contributed by atoms with van der Waals surface area (Å²) in [5.41, 5.74) is 2.16. The number of hydrogen-bond acceptors (Lipinski definition) is 7. The first-order valence-corrected chi connectivity index (χ1v) is 10.3. The van der Waals surface area contributed by atoms with Crippen molar-refractivity contribution in [3.05, 3.63) is 54.9 Å². The van der Waals surface area contributed by atoms with E-state index in [1.165, 1.54) is 0 Å². The number of nitrogens with zero attached hydrogens (tertiary/aromatic N) is 5. The van der Waals surface area contributed by atoms with E-state index in [1.54, 1.807) is 30.6 Å². The van der Waals surface area contributed by atoms with E-state index in [0.717, 1.165) is 29.9 Å². The van der Waals surface area contributed by atoms with Crippen molar-refractivity contribution in [1.82, 2.24) is 25.1 Å². The zero-order valence-corrected chi connectivity index (χ0v) is 17.4. The number of pyridine rings is 1. The second-order valence-corrected chi connectivity index (χ2v) is 7.50. The smallest absolute Gasteiger partial charge is 0.324 e. The van der Waals surface area contributed by atoms with Crippen LogP contribution in [0.15, 0.2) is 54.9 Å². The van der Waals surface area contributed by atoms with Crippen molar-refractivity contribution in [1.29, 1.82) is 0 Å². The first-order valence-electron chi connectivity index (χ1n) is 10.3. The number of carbonyl (C=O) groups is 1. The van der Waals surface area contributed by atoms with Crippen molar-refractivity contribution < 1.29 is 9.53 Å². The molecule has 0 saturated carbocycles. The Morgan fingerprint density at radius 2 is 2.03 bits per heavy atom. The van der Waals surface area contributed by atoms with Gasteiger partial charge in [0, 0.05) is 30.5 Å². The molecule has 5 rings (SSSR count). The number of fused-ring (bicyclic) bond motifs is 1. The summed E-state index contributed by atoms with van der Waals surface area (Å²) in [6, 6.07) is 12.3. The van der Waals surface area contributed by atoms with Gasteiger partial charge in [0.05, 0.1) is 24.3 Å². The van der Waals surface area contributed by atoms with Crippen molar-refractivity contribution in [3.8, 4) is 11.4 Å². The molecule has 0 radical (unpaired) electrons. The molecular weight excluding hydrogens is 408 g/mol. The normalized spacial score (nSPS) is 16.2. The molecule has 1 aliphatic heterocycles. The minimum absolute atomic E-state index is 0.131. The molecule has 2 amide bonds. The number of aromatic amines is 1. The maximum atomic E-state index is 12.2. The second kappa shape index (κ2) is 8.60. The molecule has 10 nitrogen and oxygen atoms in total. The lowest BCUT2D eigenvalue weighted by Crippen LogP contribution is -2.41. The third-order valence-corrected chi connectivity index (χ3v) is 5.14. The van der Waals surface area contributed by atoms with Gasteiger partial charge < -0.3 is 15.0 Å². The van der Waals surface area contributed by atoms with E-state index in [0.29, 0.717) is 29.6 Å². The molecule has 32 heavy (non-hydrogen) atoms. The Morgan fingerprint density at radius 1 is 1.16 bits per heavy atom. The minimum Gasteiger partial charge on any atom is -0.375 e. The summed E-state index contributed by atoms with van der Waals surface area (Å²) in [4.78, 5) is 27.9. The molecule has 3 aromatic heterocycles. The molecule has 1 atom stereocenters. The number of urea groups is 1. The van der Waals surface area contributed by atoms with Gasteiger partial charge in [0.1, 0.15) is 11.6 Å². The highest BCUT2D eigenvalue weighted by molar-refractivity contribution is 5.99. The summed E-state index contributed by atoms with van der Waals surface area (Å²) < 4.78 is 5.67. The molecule has 10 heteroatoms. The average molecular weight is 430 g/mol. The Labute approximate surface area is 184 Å². The summed E-state index contributed by atoms with van der Waals surface area (Å²) >= 11 is 0. The number of amides is 2. The van der Waals surface area contributed by atoms with E-state index in [2.05, 4.69) is 42.6 Å². The van der Waals surface area contributed by atoms with Crippen LogP contribution in [0.5, 0.6) is 0 Å². The van der Waals surface area contributed by atoms with E-state index in [9.17, 15) is 4.79 Å². The average Bonchev–Trinajstić information content (AvgIpc) is 3.28. The molecule has 1 saturated heterocycles. The first-order chi connectivity index (χ1) is 15.7. The van der Waals surface area contributed by atoms with Gasteiger partial charge in [0.15, 0.2) is 11.5 Å². The standard InChI is InChI=1S/C22H22N8O2/c1-14-13-30(10-11-32-14)21-17-12-24-29-20(17)27-19(28-21)15-5-7-16(8-6-15)25-22(31)26-18-4-2-3-9-23-18/h2-9,12,14H,10-11,13H2,1H3,(H2,23,25,26,31)(H,24,27,28,29). The molecule has 1 aliphatic rings. The van der Waals surface area contributed by atoms with Crippen molar-refractivity contribution in [3.63, 3.8) is 0 Å². The Balaban J connectivity index is 1.36. The lowest BCUT2D eigenvalue weighted by Gasteiger charge is -2.32. The van der Waals surface area contributed by atoms with Gasteiger partial charge in [0.25, 0.3) is 0 Å². The molecule has 4 aromatic rings. The predicted octanol–water partition coefficient (Wildman–Crippen LogP) is 3.28. The van der Waals surface area contributed by atoms with Crippen LogP contribution in [0.2, 0.25) is 0 Å². The van der Waals surface area contributed by atoms with E-state index < -0.39 is 0 Å². The molecule has 1 aromatic carbocycles. The maximum absolute atomic E-state index is 12.2. The number of H-pyrrole nitrogens is 1. The van der Waals surface area contributed by atoms with Crippen LogP contribution in [0.25, 0.3) is 22.4 Å². The van der Waals surface area contributed by atoms with Gasteiger partial charge in [-0.05, 0) is 43.3 Å². The van der Waals surface area contributed by atoms with E-state index >= 15 is 0 Å². The Bertz CT molecular complexity index is 1230. The zero-order valence-electron chi connectivity index (χ0n) is 17.4. The molecule has 0 bridgehead atoms. The number of anilines is 3. The van der Waals surface area contributed by atoms with Crippen LogP contribution in [0.1, 0.15) is 6.92 Å². The second-order valence-electron chi connectivity index (χ2n) is 7.50. The van der Waals surface area contributed by atoms with Crippen LogP contribution < -0.4 is 15.5 Å². The van der Waals surface area contributed by atoms with Gasteiger partial charge >= 0.3 is 6.03 Å². The van der Waals surface area contributed by atoms with E-state index in [1.807, 2.05) is 24.3 Å². The molecule has 162 valence electrons. The molecule has 3 N–H and O–H groups in total. The van der Waals surface area contributed by atoms with E-state index in [4.69, 9.17) is 9.72 Å². The molecule has 1 fully saturated rings. The van der Waals surface area contributed by atoms with Crippen LogP contribution >= 0.6 is 0 Å². The number of nitrogens with one attached hydrogen (secondary N) is 3. The van der Waals surface area contributed by atoms with Crippen LogP contribution in [0.4, 0.5) is 22.1 Å². The quantitative estimate of drug-likeness (QED) is 0.454. The summed E-state index contributed by atoms with van der Waals surface area (Å²) in [7, 11) is 0. The van der Waals surface area contributed by atoms with Gasteiger partial charge in [-0.1, -0.05) is 6.07 Å². The number of ether oxygens (including phenoxy) is 1. The van der Waals surface area contributed by atoms with Gasteiger partial charge in [-0.15, -0.1) is 0 Å². The van der Waals surface area contributed by atoms with Crippen LogP contribution in [-0.4, -0.2) is 57.0 Å². The predicted molar refractivity (Wildman–Crippen MR) is 122 cm³/mol. The topological polar surface area (TPSA) is 121 Å². The van der Waals surface area contributed by atoms with Crippen LogP contribution in [-0.2, 0) is 4.74 Å². The molecule has 0 spiro atoms. The number of hydrogen-bond donors (Lipinski definition) is 3. The molecule has 4 heterocycles. The summed E-state index contributed by atoms with van der Waals surface area (Å²) in [6.07, 6.45) is 3.50. The van der Waals surface area contributed by atoms with Crippen molar-refractivity contribution in [2.75, 3.05) is 35.2 Å². The number of rotatable bonds is 4. The largest absolute Gasteiger partial charge is 0.375 e. The Hall–Kier alpha value is -4.05.